The number of aryl methyl sites for hydroxylation is 1. The van der Waals surface area contributed by atoms with Gasteiger partial charge in [0.15, 0.2) is 0 Å². The van der Waals surface area contributed by atoms with Gasteiger partial charge < -0.3 is 20.6 Å². The van der Waals surface area contributed by atoms with Crippen LogP contribution in [-0.4, -0.2) is 68.9 Å². The van der Waals surface area contributed by atoms with Gasteiger partial charge in [-0.15, -0.1) is 0 Å². The van der Waals surface area contributed by atoms with E-state index in [9.17, 15) is 19.1 Å². The predicted molar refractivity (Wildman–Crippen MR) is 129 cm³/mol. The summed E-state index contributed by atoms with van der Waals surface area (Å²) in [5, 5.41) is 19.5. The second-order valence-electron chi connectivity index (χ2n) is 8.55. The Labute approximate surface area is 203 Å². The van der Waals surface area contributed by atoms with Crippen molar-refractivity contribution < 1.29 is 19.1 Å². The van der Waals surface area contributed by atoms with E-state index in [1.54, 1.807) is 34.0 Å². The Morgan fingerprint density at radius 2 is 2.11 bits per heavy atom. The molecule has 4 rings (SSSR count). The Kier molecular flexibility index (Phi) is 7.71. The number of aromatic nitrogens is 3. The molecule has 1 aliphatic rings. The van der Waals surface area contributed by atoms with Gasteiger partial charge in [-0.05, 0) is 49.1 Å². The van der Waals surface area contributed by atoms with E-state index >= 15 is 0 Å². The Bertz CT molecular complexity index is 1200. The zero-order valence-corrected chi connectivity index (χ0v) is 19.6. The normalized spacial score (nSPS) is 15.3. The number of benzene rings is 1. The lowest BCUT2D eigenvalue weighted by atomic mass is 10.1. The van der Waals surface area contributed by atoms with Crippen molar-refractivity contribution in [3.8, 4) is 11.3 Å². The van der Waals surface area contributed by atoms with E-state index in [4.69, 9.17) is 0 Å². The van der Waals surface area contributed by atoms with E-state index in [2.05, 4.69) is 20.7 Å². The molecular weight excluding hydrogens is 451 g/mol. The molecule has 0 bridgehead atoms. The van der Waals surface area contributed by atoms with Crippen LogP contribution in [0.2, 0.25) is 0 Å². The van der Waals surface area contributed by atoms with E-state index in [0.717, 1.165) is 24.0 Å². The molecule has 9 nitrogen and oxygen atoms in total. The van der Waals surface area contributed by atoms with Crippen LogP contribution in [0, 0.1) is 5.82 Å². The number of aliphatic hydroxyl groups excluding tert-OH is 1. The van der Waals surface area contributed by atoms with Crippen LogP contribution in [0.1, 0.15) is 28.8 Å². The topological polar surface area (TPSA) is 112 Å². The summed E-state index contributed by atoms with van der Waals surface area (Å²) in [5.41, 5.74) is 2.69. The van der Waals surface area contributed by atoms with Crippen LogP contribution in [0.15, 0.2) is 48.8 Å². The van der Waals surface area contributed by atoms with Crippen molar-refractivity contribution in [2.75, 3.05) is 31.6 Å². The lowest BCUT2D eigenvalue weighted by Gasteiger charge is -2.24. The molecule has 2 amide bonds. The van der Waals surface area contributed by atoms with Crippen LogP contribution < -0.4 is 10.6 Å². The van der Waals surface area contributed by atoms with Crippen LogP contribution in [-0.2, 0) is 18.3 Å². The van der Waals surface area contributed by atoms with Crippen LogP contribution in [0.25, 0.3) is 11.3 Å². The summed E-state index contributed by atoms with van der Waals surface area (Å²) in [4.78, 5) is 31.3. The predicted octanol–water partition coefficient (Wildman–Crippen LogP) is 1.99. The van der Waals surface area contributed by atoms with Gasteiger partial charge in [0, 0.05) is 44.5 Å². The monoisotopic (exact) mass is 480 g/mol. The standard InChI is InChI=1S/C25H29FN6O3/c1-31-15-18(13-29-31)22-8-7-21(24(30-22)27-10-9-17-4-2-5-19(26)12-17)25(35)28-14-20-6-3-11-32(20)23(34)16-33/h2,4-5,7-8,12-13,15,20,33H,3,6,9-11,14,16H2,1H3,(H,27,30)(H,28,35)/t20-/m1/s1. The highest BCUT2D eigenvalue weighted by Gasteiger charge is 2.28. The van der Waals surface area contributed by atoms with Gasteiger partial charge in [-0.1, -0.05) is 12.1 Å². The lowest BCUT2D eigenvalue weighted by molar-refractivity contribution is -0.134. The number of likely N-dealkylation sites (tertiary alicyclic amines) is 1. The fourth-order valence-corrected chi connectivity index (χ4v) is 4.28. The molecule has 0 radical (unpaired) electrons. The van der Waals surface area contributed by atoms with Gasteiger partial charge in [-0.2, -0.15) is 5.10 Å². The first kappa shape index (κ1) is 24.3. The van der Waals surface area contributed by atoms with Crippen molar-refractivity contribution in [3.63, 3.8) is 0 Å². The number of amides is 2. The van der Waals surface area contributed by atoms with Crippen LogP contribution >= 0.6 is 0 Å². The third kappa shape index (κ3) is 6.02. The molecule has 184 valence electrons. The minimum Gasteiger partial charge on any atom is -0.387 e. The number of carbonyl (C=O) groups is 2. The van der Waals surface area contributed by atoms with E-state index in [-0.39, 0.29) is 30.2 Å². The van der Waals surface area contributed by atoms with Crippen molar-refractivity contribution in [1.29, 1.82) is 0 Å². The zero-order valence-electron chi connectivity index (χ0n) is 19.6. The van der Waals surface area contributed by atoms with E-state index in [1.165, 1.54) is 12.1 Å². The van der Waals surface area contributed by atoms with Gasteiger partial charge in [0.05, 0.1) is 17.5 Å². The van der Waals surface area contributed by atoms with E-state index < -0.39 is 6.61 Å². The number of rotatable bonds is 9. The number of hydrogen-bond donors (Lipinski definition) is 3. The molecular formula is C25H29FN6O3. The second kappa shape index (κ2) is 11.1. The third-order valence-corrected chi connectivity index (χ3v) is 6.07. The fourth-order valence-electron chi connectivity index (χ4n) is 4.28. The number of anilines is 1. The van der Waals surface area contributed by atoms with Crippen molar-refractivity contribution in [1.82, 2.24) is 25.0 Å². The maximum Gasteiger partial charge on any atom is 0.255 e. The number of pyridine rings is 1. The molecule has 35 heavy (non-hydrogen) atoms. The Balaban J connectivity index is 1.49. The van der Waals surface area contributed by atoms with Gasteiger partial charge in [-0.25, -0.2) is 9.37 Å². The largest absolute Gasteiger partial charge is 0.387 e. The third-order valence-electron chi connectivity index (χ3n) is 6.07. The highest BCUT2D eigenvalue weighted by molar-refractivity contribution is 5.99. The summed E-state index contributed by atoms with van der Waals surface area (Å²) in [6, 6.07) is 9.72. The molecule has 1 saturated heterocycles. The molecule has 3 N–H and O–H groups in total. The van der Waals surface area contributed by atoms with Crippen molar-refractivity contribution in [2.24, 2.45) is 7.05 Å². The Hall–Kier alpha value is -3.79. The quantitative estimate of drug-likeness (QED) is 0.432. The number of hydrogen-bond acceptors (Lipinski definition) is 6. The van der Waals surface area contributed by atoms with Crippen LogP contribution in [0.5, 0.6) is 0 Å². The van der Waals surface area contributed by atoms with Gasteiger partial charge >= 0.3 is 0 Å². The number of carbonyl (C=O) groups excluding carboxylic acids is 2. The number of aliphatic hydroxyl groups is 1. The summed E-state index contributed by atoms with van der Waals surface area (Å²) in [6.07, 6.45) is 5.69. The molecule has 1 atom stereocenters. The summed E-state index contributed by atoms with van der Waals surface area (Å²) in [7, 11) is 1.82. The molecule has 1 fully saturated rings. The highest BCUT2D eigenvalue weighted by atomic mass is 19.1. The first-order valence-corrected chi connectivity index (χ1v) is 11.6. The first-order valence-electron chi connectivity index (χ1n) is 11.6. The van der Waals surface area contributed by atoms with Gasteiger partial charge in [0.25, 0.3) is 5.91 Å². The van der Waals surface area contributed by atoms with Crippen molar-refractivity contribution in [2.45, 2.75) is 25.3 Å². The number of halogens is 1. The average Bonchev–Trinajstić information content (AvgIpc) is 3.51. The zero-order chi connectivity index (χ0) is 24.8. The van der Waals surface area contributed by atoms with E-state index in [1.807, 2.05) is 19.3 Å². The molecule has 10 heteroatoms. The van der Waals surface area contributed by atoms with Gasteiger partial charge in [-0.3, -0.25) is 14.3 Å². The van der Waals surface area contributed by atoms with Crippen molar-refractivity contribution >= 4 is 17.6 Å². The van der Waals surface area contributed by atoms with Crippen LogP contribution in [0.3, 0.4) is 0 Å². The molecule has 1 aromatic carbocycles. The summed E-state index contributed by atoms with van der Waals surface area (Å²) < 4.78 is 15.2. The highest BCUT2D eigenvalue weighted by Crippen LogP contribution is 2.22. The summed E-state index contributed by atoms with van der Waals surface area (Å²) in [5.74, 6) is -0.523. The molecule has 0 unspecified atom stereocenters. The fraction of sp³-hybridized carbons (Fsp3) is 0.360. The smallest absolute Gasteiger partial charge is 0.255 e. The molecule has 0 spiro atoms. The number of nitrogens with one attached hydrogen (secondary N) is 2. The first-order chi connectivity index (χ1) is 16.9. The molecule has 3 heterocycles. The minimum atomic E-state index is -0.538. The molecule has 0 aliphatic carbocycles. The maximum atomic E-state index is 13.5. The van der Waals surface area contributed by atoms with Gasteiger partial charge in [0.1, 0.15) is 18.2 Å². The minimum absolute atomic E-state index is 0.148. The number of nitrogens with zero attached hydrogens (tertiary/aromatic N) is 4. The Morgan fingerprint density at radius 3 is 2.86 bits per heavy atom. The molecule has 0 saturated carbocycles. The molecule has 2 aromatic heterocycles. The van der Waals surface area contributed by atoms with Crippen LogP contribution in [0.4, 0.5) is 10.2 Å². The Morgan fingerprint density at radius 1 is 1.26 bits per heavy atom. The molecule has 1 aliphatic heterocycles. The molecule has 3 aromatic rings. The average molecular weight is 481 g/mol. The van der Waals surface area contributed by atoms with E-state index in [0.29, 0.717) is 36.6 Å². The maximum absolute atomic E-state index is 13.5. The lowest BCUT2D eigenvalue weighted by Crippen LogP contribution is -2.44. The summed E-state index contributed by atoms with van der Waals surface area (Å²) in [6.45, 7) is 0.782. The van der Waals surface area contributed by atoms with Gasteiger partial charge in [0.2, 0.25) is 5.91 Å². The summed E-state index contributed by atoms with van der Waals surface area (Å²) >= 11 is 0. The second-order valence-corrected chi connectivity index (χ2v) is 8.55. The SMILES string of the molecule is Cn1cc(-c2ccc(C(=O)NC[C@H]3CCCN3C(=O)CO)c(NCCc3cccc(F)c3)n2)cn1. The van der Waals surface area contributed by atoms with Crippen molar-refractivity contribution in [3.05, 3.63) is 65.7 Å².